The summed E-state index contributed by atoms with van der Waals surface area (Å²) in [5, 5.41) is 11.5. The fourth-order valence-corrected chi connectivity index (χ4v) is 2.14. The van der Waals surface area contributed by atoms with Gasteiger partial charge in [-0.15, -0.1) is 0 Å². The van der Waals surface area contributed by atoms with Gasteiger partial charge in [0, 0.05) is 17.7 Å². The normalized spacial score (nSPS) is 11.0. The van der Waals surface area contributed by atoms with E-state index >= 15 is 0 Å². The maximum absolute atomic E-state index is 12.0. The van der Waals surface area contributed by atoms with Crippen molar-refractivity contribution in [3.8, 4) is 0 Å². The number of primary amides is 1. The van der Waals surface area contributed by atoms with Gasteiger partial charge in [0.25, 0.3) is 0 Å². The van der Waals surface area contributed by atoms with Gasteiger partial charge in [-0.05, 0) is 30.0 Å². The maximum atomic E-state index is 12.0. The first-order chi connectivity index (χ1) is 9.62. The number of carboxylic acid groups (broad SMARTS) is 1. The number of rotatable bonds is 6. The first-order valence-electron chi connectivity index (χ1n) is 6.53. The van der Waals surface area contributed by atoms with Crippen LogP contribution in [0.25, 0.3) is 0 Å². The SMILES string of the molecule is Cc1c(NC(=O)CC(C)(C)CC(=O)O)cccc1C(N)=O. The molecule has 2 amide bonds. The van der Waals surface area contributed by atoms with E-state index < -0.39 is 17.3 Å². The summed E-state index contributed by atoms with van der Waals surface area (Å²) in [6, 6.07) is 4.89. The van der Waals surface area contributed by atoms with Crippen molar-refractivity contribution in [2.45, 2.75) is 33.6 Å². The third-order valence-electron chi connectivity index (χ3n) is 3.14. The van der Waals surface area contributed by atoms with E-state index in [9.17, 15) is 14.4 Å². The van der Waals surface area contributed by atoms with E-state index in [0.717, 1.165) is 0 Å². The van der Waals surface area contributed by atoms with Crippen LogP contribution in [0.5, 0.6) is 0 Å². The van der Waals surface area contributed by atoms with Crippen LogP contribution >= 0.6 is 0 Å². The standard InChI is InChI=1S/C15H20N2O4/c1-9-10(14(16)21)5-4-6-11(9)17-12(18)7-15(2,3)8-13(19)20/h4-6H,7-8H2,1-3H3,(H2,16,21)(H,17,18)(H,19,20). The highest BCUT2D eigenvalue weighted by Gasteiger charge is 2.25. The first kappa shape index (κ1) is 16.7. The Bertz CT molecular complexity index is 579. The van der Waals surface area contributed by atoms with Crippen molar-refractivity contribution in [2.75, 3.05) is 5.32 Å². The molecule has 0 fully saturated rings. The van der Waals surface area contributed by atoms with Crippen LogP contribution in [0.4, 0.5) is 5.69 Å². The number of carbonyl (C=O) groups excluding carboxylic acids is 2. The molecule has 0 unspecified atom stereocenters. The van der Waals surface area contributed by atoms with Crippen molar-refractivity contribution in [1.82, 2.24) is 0 Å². The fourth-order valence-electron chi connectivity index (χ4n) is 2.14. The molecule has 0 saturated carbocycles. The Hall–Kier alpha value is -2.37. The van der Waals surface area contributed by atoms with Gasteiger partial charge in [0.15, 0.2) is 0 Å². The quantitative estimate of drug-likeness (QED) is 0.744. The highest BCUT2D eigenvalue weighted by Crippen LogP contribution is 2.26. The Morgan fingerprint density at radius 3 is 2.38 bits per heavy atom. The topological polar surface area (TPSA) is 109 Å². The molecule has 0 aliphatic carbocycles. The van der Waals surface area contributed by atoms with Gasteiger partial charge in [0.05, 0.1) is 6.42 Å². The molecule has 0 heterocycles. The monoisotopic (exact) mass is 292 g/mol. The first-order valence-corrected chi connectivity index (χ1v) is 6.53. The summed E-state index contributed by atoms with van der Waals surface area (Å²) in [6.45, 7) is 5.12. The van der Waals surface area contributed by atoms with E-state index in [1.54, 1.807) is 39.0 Å². The Labute approximate surface area is 123 Å². The van der Waals surface area contributed by atoms with E-state index in [2.05, 4.69) is 5.32 Å². The molecule has 0 bridgehead atoms. The molecule has 114 valence electrons. The molecule has 21 heavy (non-hydrogen) atoms. The minimum absolute atomic E-state index is 0.0690. The largest absolute Gasteiger partial charge is 0.481 e. The number of hydrogen-bond donors (Lipinski definition) is 3. The minimum atomic E-state index is -0.945. The number of amides is 2. The maximum Gasteiger partial charge on any atom is 0.303 e. The van der Waals surface area contributed by atoms with Gasteiger partial charge >= 0.3 is 5.97 Å². The summed E-state index contributed by atoms with van der Waals surface area (Å²) in [6.07, 6.45) is -0.0275. The predicted molar refractivity (Wildman–Crippen MR) is 79.0 cm³/mol. The van der Waals surface area contributed by atoms with Crippen molar-refractivity contribution in [2.24, 2.45) is 11.1 Å². The Morgan fingerprint density at radius 2 is 1.86 bits per heavy atom. The summed E-state index contributed by atoms with van der Waals surface area (Å²) in [4.78, 5) is 34.0. The molecular formula is C15H20N2O4. The average molecular weight is 292 g/mol. The lowest BCUT2D eigenvalue weighted by Crippen LogP contribution is -2.25. The third-order valence-corrected chi connectivity index (χ3v) is 3.14. The molecule has 1 aromatic carbocycles. The number of nitrogens with two attached hydrogens (primary N) is 1. The van der Waals surface area contributed by atoms with Crippen LogP contribution in [0.15, 0.2) is 18.2 Å². The van der Waals surface area contributed by atoms with Crippen LogP contribution in [0, 0.1) is 12.3 Å². The van der Waals surface area contributed by atoms with Crippen LogP contribution in [-0.4, -0.2) is 22.9 Å². The average Bonchev–Trinajstić information content (AvgIpc) is 2.28. The zero-order valence-corrected chi connectivity index (χ0v) is 12.4. The lowest BCUT2D eigenvalue weighted by Gasteiger charge is -2.22. The number of hydrogen-bond acceptors (Lipinski definition) is 3. The van der Waals surface area contributed by atoms with Crippen molar-refractivity contribution < 1.29 is 19.5 Å². The molecule has 0 atom stereocenters. The number of nitrogens with one attached hydrogen (secondary N) is 1. The molecule has 0 spiro atoms. The zero-order chi connectivity index (χ0) is 16.2. The van der Waals surface area contributed by atoms with E-state index in [1.807, 2.05) is 0 Å². The van der Waals surface area contributed by atoms with Gasteiger partial charge in [-0.1, -0.05) is 19.9 Å². The third kappa shape index (κ3) is 4.91. The van der Waals surface area contributed by atoms with E-state index in [-0.39, 0.29) is 18.7 Å². The summed E-state index contributed by atoms with van der Waals surface area (Å²) < 4.78 is 0. The van der Waals surface area contributed by atoms with Crippen molar-refractivity contribution >= 4 is 23.5 Å². The van der Waals surface area contributed by atoms with Gasteiger partial charge < -0.3 is 16.2 Å². The van der Waals surface area contributed by atoms with Crippen molar-refractivity contribution in [3.05, 3.63) is 29.3 Å². The lowest BCUT2D eigenvalue weighted by molar-refractivity contribution is -0.139. The minimum Gasteiger partial charge on any atom is -0.481 e. The van der Waals surface area contributed by atoms with Crippen molar-refractivity contribution in [3.63, 3.8) is 0 Å². The van der Waals surface area contributed by atoms with Crippen molar-refractivity contribution in [1.29, 1.82) is 0 Å². The van der Waals surface area contributed by atoms with Crippen LogP contribution in [0.2, 0.25) is 0 Å². The van der Waals surface area contributed by atoms with E-state index in [4.69, 9.17) is 10.8 Å². The lowest BCUT2D eigenvalue weighted by atomic mass is 9.85. The van der Waals surface area contributed by atoms with Crippen LogP contribution in [0.1, 0.15) is 42.6 Å². The molecular weight excluding hydrogens is 272 g/mol. The highest BCUT2D eigenvalue weighted by atomic mass is 16.4. The molecule has 6 heteroatoms. The molecule has 6 nitrogen and oxygen atoms in total. The Morgan fingerprint density at radius 1 is 1.24 bits per heavy atom. The molecule has 1 rings (SSSR count). The number of anilines is 1. The molecule has 0 radical (unpaired) electrons. The van der Waals surface area contributed by atoms with Gasteiger partial charge in [-0.2, -0.15) is 0 Å². The molecule has 0 saturated heterocycles. The zero-order valence-electron chi connectivity index (χ0n) is 12.4. The summed E-state index contributed by atoms with van der Waals surface area (Å²) >= 11 is 0. The van der Waals surface area contributed by atoms with Crippen LogP contribution in [-0.2, 0) is 9.59 Å². The van der Waals surface area contributed by atoms with Gasteiger partial charge in [-0.3, -0.25) is 14.4 Å². The summed E-state index contributed by atoms with van der Waals surface area (Å²) in [5.74, 6) is -1.81. The summed E-state index contributed by atoms with van der Waals surface area (Å²) in [5.41, 5.74) is 6.05. The Balaban J connectivity index is 2.83. The number of benzene rings is 1. The predicted octanol–water partition coefficient (Wildman–Crippen LogP) is 1.92. The summed E-state index contributed by atoms with van der Waals surface area (Å²) in [7, 11) is 0. The van der Waals surface area contributed by atoms with E-state index in [1.165, 1.54) is 0 Å². The number of carboxylic acids is 1. The molecule has 1 aromatic rings. The van der Waals surface area contributed by atoms with E-state index in [0.29, 0.717) is 16.8 Å². The fraction of sp³-hybridized carbons (Fsp3) is 0.400. The number of carbonyl (C=O) groups is 3. The van der Waals surface area contributed by atoms with Crippen LogP contribution < -0.4 is 11.1 Å². The highest BCUT2D eigenvalue weighted by molar-refractivity contribution is 5.98. The van der Waals surface area contributed by atoms with Gasteiger partial charge in [0.2, 0.25) is 11.8 Å². The van der Waals surface area contributed by atoms with Gasteiger partial charge in [0.1, 0.15) is 0 Å². The molecule has 0 aliphatic rings. The number of aliphatic carboxylic acids is 1. The second-order valence-electron chi connectivity index (χ2n) is 5.80. The van der Waals surface area contributed by atoms with Crippen LogP contribution in [0.3, 0.4) is 0 Å². The smallest absolute Gasteiger partial charge is 0.303 e. The Kier molecular flexibility index (Phi) is 5.07. The molecule has 4 N–H and O–H groups in total. The molecule has 0 aliphatic heterocycles. The van der Waals surface area contributed by atoms with Gasteiger partial charge in [-0.25, -0.2) is 0 Å². The second-order valence-corrected chi connectivity index (χ2v) is 5.80. The second kappa shape index (κ2) is 6.39. The molecule has 0 aromatic heterocycles.